The predicted molar refractivity (Wildman–Crippen MR) is 95.9 cm³/mol. The molecule has 1 aromatic carbocycles. The number of anilines is 1. The van der Waals surface area contributed by atoms with E-state index in [1.165, 1.54) is 31.2 Å². The monoisotopic (exact) mass is 312 g/mol. The van der Waals surface area contributed by atoms with Crippen LogP contribution in [0.1, 0.15) is 63.5 Å². The summed E-state index contributed by atoms with van der Waals surface area (Å²) in [6, 6.07) is 6.03. The number of ketones is 1. The fourth-order valence-corrected chi connectivity index (χ4v) is 3.89. The molecule has 23 heavy (non-hydrogen) atoms. The zero-order chi connectivity index (χ0) is 16.4. The average molecular weight is 312 g/mol. The number of rotatable bonds is 2. The van der Waals surface area contributed by atoms with Crippen molar-refractivity contribution in [1.82, 2.24) is 5.32 Å². The summed E-state index contributed by atoms with van der Waals surface area (Å²) in [5, 5.41) is 3.55. The van der Waals surface area contributed by atoms with E-state index in [-0.39, 0.29) is 17.2 Å². The Hall–Kier alpha value is -1.77. The molecule has 1 aliphatic heterocycles. The van der Waals surface area contributed by atoms with E-state index >= 15 is 0 Å². The standard InChI is InChI=1S/C20H28N2O/c1-20(2)13-15-9-10-16(21)11-17(15)18(22-20)12-19(23)14-7-5-3-4-6-8-14/h9-12,14,22H,3-8,13,21H2,1-2H3/b18-12-. The van der Waals surface area contributed by atoms with E-state index in [4.69, 9.17) is 5.73 Å². The quantitative estimate of drug-likeness (QED) is 0.491. The van der Waals surface area contributed by atoms with Gasteiger partial charge in [-0.15, -0.1) is 0 Å². The van der Waals surface area contributed by atoms with Gasteiger partial charge in [0.05, 0.1) is 0 Å². The van der Waals surface area contributed by atoms with Crippen LogP contribution in [0.3, 0.4) is 0 Å². The van der Waals surface area contributed by atoms with Gasteiger partial charge in [-0.2, -0.15) is 0 Å². The van der Waals surface area contributed by atoms with Crippen molar-refractivity contribution in [2.45, 2.75) is 64.3 Å². The van der Waals surface area contributed by atoms with Crippen LogP contribution in [0.5, 0.6) is 0 Å². The summed E-state index contributed by atoms with van der Waals surface area (Å²) in [5.74, 6) is 0.474. The number of nitrogens with two attached hydrogens (primary N) is 1. The molecule has 1 fully saturated rings. The highest BCUT2D eigenvalue weighted by atomic mass is 16.1. The second kappa shape index (κ2) is 6.38. The van der Waals surface area contributed by atoms with Crippen molar-refractivity contribution in [3.63, 3.8) is 0 Å². The van der Waals surface area contributed by atoms with Gasteiger partial charge in [0.1, 0.15) is 0 Å². The second-order valence-electron chi connectivity index (χ2n) is 7.75. The first-order chi connectivity index (χ1) is 10.9. The minimum absolute atomic E-state index is 0.0430. The Kier molecular flexibility index (Phi) is 4.47. The van der Waals surface area contributed by atoms with Gasteiger partial charge in [0.2, 0.25) is 0 Å². The molecule has 1 aromatic rings. The lowest BCUT2D eigenvalue weighted by Crippen LogP contribution is -2.44. The van der Waals surface area contributed by atoms with E-state index in [9.17, 15) is 4.79 Å². The third-order valence-corrected chi connectivity index (χ3v) is 5.07. The minimum atomic E-state index is -0.0430. The largest absolute Gasteiger partial charge is 0.399 e. The van der Waals surface area contributed by atoms with Gasteiger partial charge in [-0.1, -0.05) is 31.7 Å². The Morgan fingerprint density at radius 2 is 1.91 bits per heavy atom. The lowest BCUT2D eigenvalue weighted by atomic mass is 9.84. The molecule has 0 saturated heterocycles. The highest BCUT2D eigenvalue weighted by molar-refractivity contribution is 5.98. The Labute approximate surface area is 139 Å². The smallest absolute Gasteiger partial charge is 0.160 e. The summed E-state index contributed by atoms with van der Waals surface area (Å²) < 4.78 is 0. The van der Waals surface area contributed by atoms with Gasteiger partial charge in [-0.25, -0.2) is 0 Å². The molecule has 2 aliphatic rings. The number of fused-ring (bicyclic) bond motifs is 1. The van der Waals surface area contributed by atoms with E-state index in [0.717, 1.165) is 36.2 Å². The molecule has 0 spiro atoms. The molecule has 3 rings (SSSR count). The van der Waals surface area contributed by atoms with Gasteiger partial charge in [0.15, 0.2) is 5.78 Å². The summed E-state index contributed by atoms with van der Waals surface area (Å²) in [7, 11) is 0. The number of hydrogen-bond acceptors (Lipinski definition) is 3. The summed E-state index contributed by atoms with van der Waals surface area (Å²) in [5.41, 5.74) is 9.97. The van der Waals surface area contributed by atoms with Crippen LogP contribution >= 0.6 is 0 Å². The van der Waals surface area contributed by atoms with Gasteiger partial charge in [0.25, 0.3) is 0 Å². The number of nitrogens with one attached hydrogen (secondary N) is 1. The molecule has 124 valence electrons. The maximum atomic E-state index is 12.8. The SMILES string of the molecule is CC1(C)Cc2ccc(N)cc2/C(=C/C(=O)C2CCCCCC2)N1. The molecule has 3 N–H and O–H groups in total. The highest BCUT2D eigenvalue weighted by Crippen LogP contribution is 2.32. The van der Waals surface area contributed by atoms with Gasteiger partial charge >= 0.3 is 0 Å². The van der Waals surface area contributed by atoms with Crippen molar-refractivity contribution >= 4 is 17.2 Å². The molecule has 3 nitrogen and oxygen atoms in total. The number of benzene rings is 1. The summed E-state index contributed by atoms with van der Waals surface area (Å²) in [6.07, 6.45) is 9.76. The Bertz CT molecular complexity index is 623. The zero-order valence-electron chi connectivity index (χ0n) is 14.3. The number of hydrogen-bond donors (Lipinski definition) is 2. The van der Waals surface area contributed by atoms with E-state index < -0.39 is 0 Å². The summed E-state index contributed by atoms with van der Waals surface area (Å²) in [6.45, 7) is 4.35. The third kappa shape index (κ3) is 3.77. The van der Waals surface area contributed by atoms with Crippen LogP contribution in [0, 0.1) is 5.92 Å². The van der Waals surface area contributed by atoms with E-state index in [0.29, 0.717) is 0 Å². The topological polar surface area (TPSA) is 55.1 Å². The van der Waals surface area contributed by atoms with E-state index in [1.807, 2.05) is 18.2 Å². The van der Waals surface area contributed by atoms with Crippen LogP contribution in [-0.4, -0.2) is 11.3 Å². The summed E-state index contributed by atoms with van der Waals surface area (Å²) in [4.78, 5) is 12.8. The lowest BCUT2D eigenvalue weighted by molar-refractivity contribution is -0.118. The number of nitrogen functional groups attached to an aromatic ring is 1. The molecule has 0 radical (unpaired) electrons. The van der Waals surface area contributed by atoms with Crippen LogP contribution in [0.4, 0.5) is 5.69 Å². The minimum Gasteiger partial charge on any atom is -0.399 e. The first-order valence-electron chi connectivity index (χ1n) is 8.87. The number of carbonyl (C=O) groups excluding carboxylic acids is 1. The molecule has 1 saturated carbocycles. The molecule has 0 atom stereocenters. The average Bonchev–Trinajstić information content (AvgIpc) is 2.76. The van der Waals surface area contributed by atoms with Crippen molar-refractivity contribution < 1.29 is 4.79 Å². The van der Waals surface area contributed by atoms with E-state index in [1.54, 1.807) is 0 Å². The molecule has 1 aliphatic carbocycles. The molecule has 3 heteroatoms. The predicted octanol–water partition coefficient (Wildman–Crippen LogP) is 4.07. The van der Waals surface area contributed by atoms with Crippen LogP contribution < -0.4 is 11.1 Å². The normalized spacial score (nSPS) is 23.0. The van der Waals surface area contributed by atoms with E-state index in [2.05, 4.69) is 25.2 Å². The maximum Gasteiger partial charge on any atom is 0.160 e. The fraction of sp³-hybridized carbons (Fsp3) is 0.550. The maximum absolute atomic E-state index is 12.8. The zero-order valence-corrected chi connectivity index (χ0v) is 14.3. The van der Waals surface area contributed by atoms with Crippen LogP contribution in [0.25, 0.3) is 5.70 Å². The number of allylic oxidation sites excluding steroid dienone is 1. The van der Waals surface area contributed by atoms with Crippen molar-refractivity contribution in [2.24, 2.45) is 5.92 Å². The first-order valence-corrected chi connectivity index (χ1v) is 8.87. The van der Waals surface area contributed by atoms with Gasteiger partial charge < -0.3 is 11.1 Å². The Balaban J connectivity index is 1.91. The molecule has 0 bridgehead atoms. The first kappa shape index (κ1) is 16.1. The Morgan fingerprint density at radius 1 is 1.22 bits per heavy atom. The lowest BCUT2D eigenvalue weighted by Gasteiger charge is -2.36. The molecular formula is C20H28N2O. The second-order valence-corrected chi connectivity index (χ2v) is 7.75. The van der Waals surface area contributed by atoms with Gasteiger partial charge in [-0.05, 0) is 50.8 Å². The fourth-order valence-electron chi connectivity index (χ4n) is 3.89. The molecular weight excluding hydrogens is 284 g/mol. The van der Waals surface area contributed by atoms with Crippen LogP contribution in [0.15, 0.2) is 24.3 Å². The highest BCUT2D eigenvalue weighted by Gasteiger charge is 2.29. The molecule has 1 heterocycles. The van der Waals surface area contributed by atoms with Crippen LogP contribution in [-0.2, 0) is 11.2 Å². The van der Waals surface area contributed by atoms with Gasteiger partial charge in [-0.3, -0.25) is 4.79 Å². The Morgan fingerprint density at radius 3 is 2.61 bits per heavy atom. The van der Waals surface area contributed by atoms with Crippen molar-refractivity contribution in [2.75, 3.05) is 5.73 Å². The van der Waals surface area contributed by atoms with Crippen molar-refractivity contribution in [3.8, 4) is 0 Å². The van der Waals surface area contributed by atoms with Crippen molar-refractivity contribution in [3.05, 3.63) is 35.4 Å². The van der Waals surface area contributed by atoms with Gasteiger partial charge in [0, 0.05) is 34.5 Å². The summed E-state index contributed by atoms with van der Waals surface area (Å²) >= 11 is 0. The third-order valence-electron chi connectivity index (χ3n) is 5.07. The molecule has 0 amide bonds. The van der Waals surface area contributed by atoms with Crippen molar-refractivity contribution in [1.29, 1.82) is 0 Å². The number of carbonyl (C=O) groups is 1. The van der Waals surface area contributed by atoms with Crippen LogP contribution in [0.2, 0.25) is 0 Å². The molecule has 0 aromatic heterocycles. The molecule has 0 unspecified atom stereocenters.